The number of nitrogens with two attached hydrogens (primary N) is 1. The molecule has 0 heterocycles. The van der Waals surface area contributed by atoms with E-state index in [0.29, 0.717) is 25.9 Å². The third kappa shape index (κ3) is 2.71. The van der Waals surface area contributed by atoms with Crippen LogP contribution in [0.25, 0.3) is 0 Å². The highest BCUT2D eigenvalue weighted by molar-refractivity contribution is 9.10. The number of halogens is 4. The Kier molecular flexibility index (Phi) is 4.00. The summed E-state index contributed by atoms with van der Waals surface area (Å²) in [7, 11) is 0. The molecule has 0 saturated heterocycles. The van der Waals surface area contributed by atoms with E-state index >= 15 is 0 Å². The maximum Gasteiger partial charge on any atom is 0.147 e. The molecule has 0 aliphatic heterocycles. The van der Waals surface area contributed by atoms with Gasteiger partial charge in [0.15, 0.2) is 0 Å². The predicted octanol–water partition coefficient (Wildman–Crippen LogP) is 5.22. The molecule has 0 aliphatic rings. The summed E-state index contributed by atoms with van der Waals surface area (Å²) in [5.41, 5.74) is 6.73. The van der Waals surface area contributed by atoms with Crippen LogP contribution in [0.2, 0.25) is 10.0 Å². The average Bonchev–Trinajstić information content (AvgIpc) is 2.26. The summed E-state index contributed by atoms with van der Waals surface area (Å²) in [6.07, 6.45) is 0. The first-order chi connectivity index (χ1) is 8.49. The van der Waals surface area contributed by atoms with Crippen molar-refractivity contribution < 1.29 is 4.39 Å². The van der Waals surface area contributed by atoms with Crippen LogP contribution in [0.1, 0.15) is 0 Å². The molecule has 0 spiro atoms. The Morgan fingerprint density at radius 2 is 1.72 bits per heavy atom. The zero-order valence-corrected chi connectivity index (χ0v) is 12.1. The van der Waals surface area contributed by atoms with E-state index in [1.54, 1.807) is 24.3 Å². The number of nitrogens with one attached hydrogen (secondary N) is 1. The largest absolute Gasteiger partial charge is 0.399 e. The highest BCUT2D eigenvalue weighted by Gasteiger charge is 2.12. The Hall–Kier alpha value is -0.970. The molecule has 0 atom stereocenters. The van der Waals surface area contributed by atoms with Gasteiger partial charge in [0.2, 0.25) is 0 Å². The third-order valence-corrected chi connectivity index (χ3v) is 3.53. The SMILES string of the molecule is Nc1cc(Cl)c(Nc2c(F)cccc2Br)c(Cl)c1. The molecule has 0 aliphatic carbocycles. The van der Waals surface area contributed by atoms with Gasteiger partial charge in [-0.25, -0.2) is 4.39 Å². The number of benzene rings is 2. The fraction of sp³-hybridized carbons (Fsp3) is 0. The summed E-state index contributed by atoms with van der Waals surface area (Å²) < 4.78 is 14.3. The maximum absolute atomic E-state index is 13.7. The monoisotopic (exact) mass is 348 g/mol. The topological polar surface area (TPSA) is 38.0 Å². The Morgan fingerprint density at radius 3 is 2.28 bits per heavy atom. The Bertz CT molecular complexity index is 561. The van der Waals surface area contributed by atoms with Crippen molar-refractivity contribution in [3.05, 3.63) is 50.7 Å². The van der Waals surface area contributed by atoms with Crippen molar-refractivity contribution in [2.24, 2.45) is 0 Å². The fourth-order valence-corrected chi connectivity index (χ4v) is 2.49. The lowest BCUT2D eigenvalue weighted by Gasteiger charge is -2.13. The van der Waals surface area contributed by atoms with Crippen molar-refractivity contribution in [3.63, 3.8) is 0 Å². The minimum Gasteiger partial charge on any atom is -0.399 e. The molecule has 0 aromatic heterocycles. The smallest absolute Gasteiger partial charge is 0.147 e. The van der Waals surface area contributed by atoms with E-state index in [-0.39, 0.29) is 5.69 Å². The van der Waals surface area contributed by atoms with Crippen LogP contribution in [0.15, 0.2) is 34.8 Å². The zero-order chi connectivity index (χ0) is 13.3. The number of anilines is 3. The molecule has 2 rings (SSSR count). The second kappa shape index (κ2) is 5.34. The van der Waals surface area contributed by atoms with Crippen LogP contribution in [-0.2, 0) is 0 Å². The Balaban J connectivity index is 2.47. The first-order valence-electron chi connectivity index (χ1n) is 4.94. The van der Waals surface area contributed by atoms with Gasteiger partial charge < -0.3 is 11.1 Å². The van der Waals surface area contributed by atoms with Gasteiger partial charge in [-0.05, 0) is 40.2 Å². The Labute approximate surface area is 122 Å². The number of para-hydroxylation sites is 1. The van der Waals surface area contributed by atoms with Gasteiger partial charge >= 0.3 is 0 Å². The van der Waals surface area contributed by atoms with E-state index in [0.717, 1.165) is 0 Å². The van der Waals surface area contributed by atoms with Crippen molar-refractivity contribution in [1.82, 2.24) is 0 Å². The van der Waals surface area contributed by atoms with Crippen LogP contribution >= 0.6 is 39.1 Å². The first-order valence-corrected chi connectivity index (χ1v) is 6.49. The van der Waals surface area contributed by atoms with Gasteiger partial charge in [0.1, 0.15) is 5.82 Å². The summed E-state index contributed by atoms with van der Waals surface area (Å²) in [6.45, 7) is 0. The molecule has 2 aromatic rings. The van der Waals surface area contributed by atoms with Gasteiger partial charge in [0.05, 0.1) is 21.4 Å². The average molecular weight is 350 g/mol. The van der Waals surface area contributed by atoms with Crippen molar-refractivity contribution in [2.45, 2.75) is 0 Å². The lowest BCUT2D eigenvalue weighted by molar-refractivity contribution is 0.631. The van der Waals surface area contributed by atoms with Crippen LogP contribution in [0, 0.1) is 5.82 Å². The molecular weight excluding hydrogens is 342 g/mol. The molecule has 2 aromatic carbocycles. The molecule has 94 valence electrons. The second-order valence-electron chi connectivity index (χ2n) is 3.58. The van der Waals surface area contributed by atoms with E-state index in [4.69, 9.17) is 28.9 Å². The second-order valence-corrected chi connectivity index (χ2v) is 5.25. The van der Waals surface area contributed by atoms with Gasteiger partial charge in [-0.2, -0.15) is 0 Å². The molecule has 0 saturated carbocycles. The summed E-state index contributed by atoms with van der Waals surface area (Å²) in [5, 5.41) is 3.52. The molecule has 0 amide bonds. The lowest BCUT2D eigenvalue weighted by atomic mass is 10.2. The molecule has 0 fully saturated rings. The number of nitrogen functional groups attached to an aromatic ring is 1. The van der Waals surface area contributed by atoms with E-state index in [2.05, 4.69) is 21.2 Å². The normalized spacial score (nSPS) is 10.4. The summed E-state index contributed by atoms with van der Waals surface area (Å²) in [5.74, 6) is -0.409. The molecule has 0 unspecified atom stereocenters. The number of hydrogen-bond donors (Lipinski definition) is 2. The van der Waals surface area contributed by atoms with Crippen molar-refractivity contribution >= 4 is 56.2 Å². The van der Waals surface area contributed by atoms with Crippen LogP contribution in [-0.4, -0.2) is 0 Å². The number of hydrogen-bond acceptors (Lipinski definition) is 2. The molecular formula is C12H8BrCl2FN2. The van der Waals surface area contributed by atoms with Gasteiger partial charge in [-0.3, -0.25) is 0 Å². The quantitative estimate of drug-likeness (QED) is 0.729. The van der Waals surface area contributed by atoms with Crippen LogP contribution in [0.4, 0.5) is 21.5 Å². The van der Waals surface area contributed by atoms with Gasteiger partial charge in [0.25, 0.3) is 0 Å². The summed E-state index contributed by atoms with van der Waals surface area (Å²) >= 11 is 15.3. The minimum atomic E-state index is -0.409. The molecule has 18 heavy (non-hydrogen) atoms. The Morgan fingerprint density at radius 1 is 1.11 bits per heavy atom. The van der Waals surface area contributed by atoms with E-state index < -0.39 is 5.82 Å². The fourth-order valence-electron chi connectivity index (χ4n) is 1.45. The van der Waals surface area contributed by atoms with Gasteiger partial charge in [0, 0.05) is 10.2 Å². The van der Waals surface area contributed by atoms with Crippen LogP contribution in [0.3, 0.4) is 0 Å². The molecule has 0 bridgehead atoms. The van der Waals surface area contributed by atoms with Gasteiger partial charge in [-0.1, -0.05) is 29.3 Å². The van der Waals surface area contributed by atoms with E-state index in [9.17, 15) is 4.39 Å². The van der Waals surface area contributed by atoms with Crippen LogP contribution < -0.4 is 11.1 Å². The van der Waals surface area contributed by atoms with Crippen molar-refractivity contribution in [3.8, 4) is 0 Å². The first kappa shape index (κ1) is 13.5. The van der Waals surface area contributed by atoms with E-state index in [1.807, 2.05) is 0 Å². The standard InChI is InChI=1S/C12H8BrCl2FN2/c13-7-2-1-3-10(16)11(7)18-12-8(14)4-6(17)5-9(12)15/h1-5,18H,17H2. The van der Waals surface area contributed by atoms with Crippen LogP contribution in [0.5, 0.6) is 0 Å². The highest BCUT2D eigenvalue weighted by atomic mass is 79.9. The maximum atomic E-state index is 13.7. The zero-order valence-electron chi connectivity index (χ0n) is 8.98. The molecule has 2 nitrogen and oxygen atoms in total. The lowest BCUT2D eigenvalue weighted by Crippen LogP contribution is -1.97. The minimum absolute atomic E-state index is 0.270. The molecule has 3 N–H and O–H groups in total. The highest BCUT2D eigenvalue weighted by Crippen LogP contribution is 2.37. The summed E-state index contributed by atoms with van der Waals surface area (Å²) in [4.78, 5) is 0. The van der Waals surface area contributed by atoms with E-state index in [1.165, 1.54) is 6.07 Å². The predicted molar refractivity (Wildman–Crippen MR) is 78.3 cm³/mol. The van der Waals surface area contributed by atoms with Gasteiger partial charge in [-0.15, -0.1) is 0 Å². The molecule has 0 radical (unpaired) electrons. The molecule has 6 heteroatoms. The third-order valence-electron chi connectivity index (χ3n) is 2.28. The summed E-state index contributed by atoms with van der Waals surface area (Å²) in [6, 6.07) is 7.74. The van der Waals surface area contributed by atoms with Crippen molar-refractivity contribution in [1.29, 1.82) is 0 Å². The number of rotatable bonds is 2. The van der Waals surface area contributed by atoms with Crippen molar-refractivity contribution in [2.75, 3.05) is 11.1 Å².